The summed E-state index contributed by atoms with van der Waals surface area (Å²) < 4.78 is 11.2. The van der Waals surface area contributed by atoms with Gasteiger partial charge in [-0.3, -0.25) is 0 Å². The molecule has 1 aromatic rings. The number of hydrogen-bond acceptors (Lipinski definition) is 3. The van der Waals surface area contributed by atoms with Crippen LogP contribution in [0.1, 0.15) is 57.4 Å². The van der Waals surface area contributed by atoms with Gasteiger partial charge in [0.2, 0.25) is 0 Å². The highest BCUT2D eigenvalue weighted by atomic mass is 16.5. The van der Waals surface area contributed by atoms with Gasteiger partial charge in [0.25, 0.3) is 0 Å². The molecule has 20 heavy (non-hydrogen) atoms. The summed E-state index contributed by atoms with van der Waals surface area (Å²) in [4.78, 5) is 0. The Morgan fingerprint density at radius 1 is 1.10 bits per heavy atom. The lowest BCUT2D eigenvalue weighted by atomic mass is 9.90. The van der Waals surface area contributed by atoms with E-state index >= 15 is 0 Å². The maximum Gasteiger partial charge on any atom is 0.161 e. The Morgan fingerprint density at radius 2 is 1.90 bits per heavy atom. The summed E-state index contributed by atoms with van der Waals surface area (Å²) in [5.41, 5.74) is 6.98. The van der Waals surface area contributed by atoms with Crippen molar-refractivity contribution in [1.29, 1.82) is 0 Å². The minimum Gasteiger partial charge on any atom is -0.493 e. The maximum atomic E-state index is 5.71. The topological polar surface area (TPSA) is 44.5 Å². The third-order valence-electron chi connectivity index (χ3n) is 3.51. The minimum atomic E-state index is 0.567. The second-order valence-corrected chi connectivity index (χ2v) is 5.18. The molecule has 0 heterocycles. The lowest BCUT2D eigenvalue weighted by Crippen LogP contribution is -2.05. The highest BCUT2D eigenvalue weighted by Gasteiger charge is 2.13. The Hall–Kier alpha value is -1.22. The molecule has 1 unspecified atom stereocenters. The monoisotopic (exact) mass is 279 g/mol. The van der Waals surface area contributed by atoms with Crippen LogP contribution in [0.4, 0.5) is 0 Å². The van der Waals surface area contributed by atoms with Gasteiger partial charge in [-0.1, -0.05) is 26.3 Å². The van der Waals surface area contributed by atoms with Gasteiger partial charge in [0.15, 0.2) is 11.5 Å². The molecule has 0 amide bonds. The zero-order chi connectivity index (χ0) is 14.8. The Balaban J connectivity index is 2.86. The molecule has 0 aromatic heterocycles. The standard InChI is InChI=1S/C17H29NO2/c1-4-7-14(8-6-11-18)15-9-10-16(20-12-5-2)17(13-15)19-3/h9-10,13-14H,4-8,11-12,18H2,1-3H3. The lowest BCUT2D eigenvalue weighted by Gasteiger charge is -2.18. The van der Waals surface area contributed by atoms with Gasteiger partial charge in [0, 0.05) is 0 Å². The molecule has 0 bridgehead atoms. The van der Waals surface area contributed by atoms with E-state index in [0.29, 0.717) is 5.92 Å². The summed E-state index contributed by atoms with van der Waals surface area (Å²) in [5.74, 6) is 2.25. The van der Waals surface area contributed by atoms with Crippen LogP contribution in [-0.4, -0.2) is 20.3 Å². The van der Waals surface area contributed by atoms with Crippen LogP contribution in [0.5, 0.6) is 11.5 Å². The van der Waals surface area contributed by atoms with E-state index in [1.807, 2.05) is 6.07 Å². The molecule has 0 aliphatic rings. The number of ether oxygens (including phenoxy) is 2. The van der Waals surface area contributed by atoms with E-state index in [1.165, 1.54) is 18.4 Å². The van der Waals surface area contributed by atoms with Crippen LogP contribution in [0.15, 0.2) is 18.2 Å². The molecule has 1 aromatic carbocycles. The molecule has 2 N–H and O–H groups in total. The van der Waals surface area contributed by atoms with Crippen LogP contribution in [0.3, 0.4) is 0 Å². The van der Waals surface area contributed by atoms with E-state index in [2.05, 4.69) is 26.0 Å². The van der Waals surface area contributed by atoms with Gasteiger partial charge in [-0.2, -0.15) is 0 Å². The van der Waals surface area contributed by atoms with Gasteiger partial charge < -0.3 is 15.2 Å². The first-order valence-corrected chi connectivity index (χ1v) is 7.77. The van der Waals surface area contributed by atoms with Gasteiger partial charge in [-0.15, -0.1) is 0 Å². The van der Waals surface area contributed by atoms with Crippen molar-refractivity contribution in [3.05, 3.63) is 23.8 Å². The first-order chi connectivity index (χ1) is 9.76. The maximum absolute atomic E-state index is 5.71. The van der Waals surface area contributed by atoms with E-state index < -0.39 is 0 Å². The van der Waals surface area contributed by atoms with Crippen LogP contribution in [-0.2, 0) is 0 Å². The van der Waals surface area contributed by atoms with Crippen LogP contribution >= 0.6 is 0 Å². The third-order valence-corrected chi connectivity index (χ3v) is 3.51. The average Bonchev–Trinajstić information content (AvgIpc) is 2.49. The third kappa shape index (κ3) is 5.04. The molecule has 1 atom stereocenters. The van der Waals surface area contributed by atoms with Crippen molar-refractivity contribution in [3.63, 3.8) is 0 Å². The Bertz CT molecular complexity index is 379. The first-order valence-electron chi connectivity index (χ1n) is 7.77. The molecule has 1 rings (SSSR count). The van der Waals surface area contributed by atoms with Crippen molar-refractivity contribution < 1.29 is 9.47 Å². The lowest BCUT2D eigenvalue weighted by molar-refractivity contribution is 0.294. The van der Waals surface area contributed by atoms with Crippen LogP contribution in [0.2, 0.25) is 0 Å². The second kappa shape index (κ2) is 9.65. The highest BCUT2D eigenvalue weighted by molar-refractivity contribution is 5.44. The largest absolute Gasteiger partial charge is 0.493 e. The summed E-state index contributed by atoms with van der Waals surface area (Å²) in [5, 5.41) is 0. The van der Waals surface area contributed by atoms with Crippen molar-refractivity contribution in [2.24, 2.45) is 5.73 Å². The quantitative estimate of drug-likeness (QED) is 0.701. The van der Waals surface area contributed by atoms with Gasteiger partial charge >= 0.3 is 0 Å². The van der Waals surface area contributed by atoms with Crippen LogP contribution in [0.25, 0.3) is 0 Å². The molecular weight excluding hydrogens is 250 g/mol. The van der Waals surface area contributed by atoms with Gasteiger partial charge in [-0.05, 0) is 55.8 Å². The Kier molecular flexibility index (Phi) is 8.12. The molecule has 0 aliphatic heterocycles. The molecule has 3 nitrogen and oxygen atoms in total. The van der Waals surface area contributed by atoms with Crippen molar-refractivity contribution >= 4 is 0 Å². The van der Waals surface area contributed by atoms with Gasteiger partial charge in [0.1, 0.15) is 0 Å². The number of methoxy groups -OCH3 is 1. The molecule has 0 aliphatic carbocycles. The molecule has 3 heteroatoms. The zero-order valence-corrected chi connectivity index (χ0v) is 13.2. The molecular formula is C17H29NO2. The van der Waals surface area contributed by atoms with Crippen molar-refractivity contribution in [3.8, 4) is 11.5 Å². The van der Waals surface area contributed by atoms with E-state index in [9.17, 15) is 0 Å². The molecule has 0 spiro atoms. The fraction of sp³-hybridized carbons (Fsp3) is 0.647. The number of hydrogen-bond donors (Lipinski definition) is 1. The minimum absolute atomic E-state index is 0.567. The zero-order valence-electron chi connectivity index (χ0n) is 13.2. The fourth-order valence-corrected chi connectivity index (χ4v) is 2.46. The molecule has 0 saturated carbocycles. The molecule has 114 valence electrons. The van der Waals surface area contributed by atoms with E-state index in [1.54, 1.807) is 7.11 Å². The van der Waals surface area contributed by atoms with E-state index in [0.717, 1.165) is 43.9 Å². The van der Waals surface area contributed by atoms with Crippen LogP contribution in [0, 0.1) is 0 Å². The van der Waals surface area contributed by atoms with Crippen LogP contribution < -0.4 is 15.2 Å². The smallest absolute Gasteiger partial charge is 0.161 e. The van der Waals surface area contributed by atoms with Crippen molar-refractivity contribution in [2.75, 3.05) is 20.3 Å². The van der Waals surface area contributed by atoms with Crippen molar-refractivity contribution in [1.82, 2.24) is 0 Å². The number of rotatable bonds is 10. The van der Waals surface area contributed by atoms with E-state index in [-0.39, 0.29) is 0 Å². The summed E-state index contributed by atoms with van der Waals surface area (Å²) in [6.07, 6.45) is 5.59. The fourth-order valence-electron chi connectivity index (χ4n) is 2.46. The number of benzene rings is 1. The first kappa shape index (κ1) is 16.8. The van der Waals surface area contributed by atoms with E-state index in [4.69, 9.17) is 15.2 Å². The predicted octanol–water partition coefficient (Wildman–Crippen LogP) is 4.11. The molecule has 0 radical (unpaired) electrons. The average molecular weight is 279 g/mol. The predicted molar refractivity (Wildman–Crippen MR) is 84.7 cm³/mol. The summed E-state index contributed by atoms with van der Waals surface area (Å²) >= 11 is 0. The summed E-state index contributed by atoms with van der Waals surface area (Å²) in [6, 6.07) is 6.33. The molecule has 0 saturated heterocycles. The number of nitrogens with two attached hydrogens (primary N) is 1. The van der Waals surface area contributed by atoms with Gasteiger partial charge in [0.05, 0.1) is 13.7 Å². The van der Waals surface area contributed by atoms with Crippen molar-refractivity contribution in [2.45, 2.75) is 51.9 Å². The second-order valence-electron chi connectivity index (χ2n) is 5.18. The summed E-state index contributed by atoms with van der Waals surface area (Å²) in [7, 11) is 1.70. The SMILES string of the molecule is CCCOc1ccc(C(CCC)CCCN)cc1OC. The molecule has 0 fully saturated rings. The highest BCUT2D eigenvalue weighted by Crippen LogP contribution is 2.34. The normalized spacial score (nSPS) is 12.2. The van der Waals surface area contributed by atoms with Gasteiger partial charge in [-0.25, -0.2) is 0 Å². The Labute approximate surface area is 123 Å². The summed E-state index contributed by atoms with van der Waals surface area (Å²) in [6.45, 7) is 5.81. The Morgan fingerprint density at radius 3 is 2.50 bits per heavy atom.